The molecule has 274 valence electrons. The average molecular weight is 688 g/mol. The molecule has 0 N–H and O–H groups in total. The van der Waals surface area contributed by atoms with Crippen molar-refractivity contribution in [3.05, 3.63) is 0 Å². The molecule has 0 atom stereocenters. The van der Waals surface area contributed by atoms with Gasteiger partial charge in [-0.1, -0.05) is 13.8 Å². The molecule has 0 amide bonds. The molecule has 0 aromatic carbocycles. The summed E-state index contributed by atoms with van der Waals surface area (Å²) in [6.07, 6.45) is 1.23. The minimum absolute atomic E-state index is 0.229. The van der Waals surface area contributed by atoms with Gasteiger partial charge in [-0.05, 0) is 68.4 Å². The number of hydrogen-bond donors (Lipinski definition) is 0. The van der Waals surface area contributed by atoms with Crippen LogP contribution in [0.2, 0.25) is 0 Å². The Labute approximate surface area is 279 Å². The lowest BCUT2D eigenvalue weighted by Crippen LogP contribution is -2.47. The topological polar surface area (TPSA) is 103 Å². The lowest BCUT2D eigenvalue weighted by Gasteiger charge is -2.34. The summed E-state index contributed by atoms with van der Waals surface area (Å²) in [4.78, 5) is 9.82. The van der Waals surface area contributed by atoms with Crippen molar-refractivity contribution in [1.29, 1.82) is 0 Å². The molecule has 3 aliphatic rings. The third-order valence-electron chi connectivity index (χ3n) is 7.73. The van der Waals surface area contributed by atoms with Gasteiger partial charge in [0.15, 0.2) is 0 Å². The van der Waals surface area contributed by atoms with Crippen LogP contribution in [0.25, 0.3) is 0 Å². The number of sulfonamides is 1. The van der Waals surface area contributed by atoms with Crippen LogP contribution in [0.5, 0.6) is 0 Å². The van der Waals surface area contributed by atoms with Gasteiger partial charge in [-0.15, -0.1) is 0 Å². The van der Waals surface area contributed by atoms with Crippen LogP contribution in [0, 0.1) is 5.92 Å². The number of morpholine rings is 2. The highest BCUT2D eigenvalue weighted by Gasteiger charge is 2.18. The molecule has 11 nitrogen and oxygen atoms in total. The maximum atomic E-state index is 11.0. The third kappa shape index (κ3) is 24.4. The van der Waals surface area contributed by atoms with Crippen LogP contribution < -0.4 is 0 Å². The molecule has 0 spiro atoms. The molecule has 0 unspecified atom stereocenters. The molecule has 45 heavy (non-hydrogen) atoms. The standard InChI is InChI=1S/C8H18N2.C8H17NO.C7H15NO.C5H13NO2S.C4H10O2S/c1-8(2)10-6-4-9(3)5-7-10;1-8(2)7-9-3-5-10-6-4-9;1-7(2)8-3-5-9-6-4-8;1-5(2)9(7,8)6(3)4;1-4(2)7(3,5)6/h8H,4-7H2,1-3H3;8H,3-7H2,1-2H3;7H,3-6H2,1-2H3;5H,1-4H3;4H,1-3H3. The number of piperazine rings is 1. The maximum absolute atomic E-state index is 11.0. The van der Waals surface area contributed by atoms with Gasteiger partial charge in [-0.2, -0.15) is 0 Å². The lowest BCUT2D eigenvalue weighted by molar-refractivity contribution is 0.0238. The van der Waals surface area contributed by atoms with Crippen molar-refractivity contribution < 1.29 is 26.3 Å². The highest BCUT2D eigenvalue weighted by molar-refractivity contribution is 7.91. The first-order valence-electron chi connectivity index (χ1n) is 16.8. The number of sulfone groups is 1. The Bertz CT molecular complexity index is 894. The number of hydrogen-bond acceptors (Lipinski definition) is 10. The van der Waals surface area contributed by atoms with Crippen LogP contribution >= 0.6 is 0 Å². The Hall–Kier alpha value is -0.380. The van der Waals surface area contributed by atoms with Crippen LogP contribution in [-0.2, 0) is 29.3 Å². The largest absolute Gasteiger partial charge is 0.379 e. The molecule has 0 aromatic rings. The number of ether oxygens (including phenoxy) is 2. The highest BCUT2D eigenvalue weighted by Crippen LogP contribution is 2.04. The van der Waals surface area contributed by atoms with E-state index in [2.05, 4.69) is 68.2 Å². The molecule has 3 rings (SSSR count). The van der Waals surface area contributed by atoms with Gasteiger partial charge in [0.2, 0.25) is 10.0 Å². The van der Waals surface area contributed by atoms with Crippen molar-refractivity contribution in [2.24, 2.45) is 5.92 Å². The van der Waals surface area contributed by atoms with Crippen molar-refractivity contribution in [3.63, 3.8) is 0 Å². The molecule has 0 aromatic heterocycles. The van der Waals surface area contributed by atoms with Crippen LogP contribution in [-0.4, -0.2) is 176 Å². The van der Waals surface area contributed by atoms with E-state index in [0.717, 1.165) is 64.6 Å². The zero-order chi connectivity index (χ0) is 35.4. The van der Waals surface area contributed by atoms with E-state index in [0.29, 0.717) is 6.04 Å². The summed E-state index contributed by atoms with van der Waals surface area (Å²) in [5, 5.41) is -0.542. The second-order valence-electron chi connectivity index (χ2n) is 13.7. The molecule has 0 radical (unpaired) electrons. The maximum Gasteiger partial charge on any atom is 0.215 e. The van der Waals surface area contributed by atoms with Gasteiger partial charge in [-0.25, -0.2) is 21.1 Å². The van der Waals surface area contributed by atoms with E-state index in [1.165, 1.54) is 57.4 Å². The zero-order valence-electron chi connectivity index (χ0n) is 31.6. The summed E-state index contributed by atoms with van der Waals surface area (Å²) in [7, 11) is -0.456. The lowest BCUT2D eigenvalue weighted by atomic mass is 10.2. The van der Waals surface area contributed by atoms with Crippen molar-refractivity contribution in [2.45, 2.75) is 91.8 Å². The molecule has 0 aliphatic carbocycles. The highest BCUT2D eigenvalue weighted by atomic mass is 32.2. The van der Waals surface area contributed by atoms with E-state index >= 15 is 0 Å². The van der Waals surface area contributed by atoms with Crippen LogP contribution in [0.3, 0.4) is 0 Å². The molecular formula is C32H73N5O6S2. The summed E-state index contributed by atoms with van der Waals surface area (Å²) < 4.78 is 54.3. The first-order valence-corrected chi connectivity index (χ1v) is 20.2. The van der Waals surface area contributed by atoms with Crippen molar-refractivity contribution >= 4 is 19.9 Å². The Balaban J connectivity index is 0. The molecule has 3 saturated heterocycles. The Kier molecular flexibility index (Phi) is 25.7. The van der Waals surface area contributed by atoms with Gasteiger partial charge >= 0.3 is 0 Å². The predicted octanol–water partition coefficient (Wildman–Crippen LogP) is 3.07. The molecule has 3 fully saturated rings. The normalized spacial score (nSPS) is 19.4. The van der Waals surface area contributed by atoms with Gasteiger partial charge < -0.3 is 14.4 Å². The second kappa shape index (κ2) is 24.7. The van der Waals surface area contributed by atoms with Gasteiger partial charge in [0.25, 0.3) is 0 Å². The monoisotopic (exact) mass is 688 g/mol. The Morgan fingerprint density at radius 1 is 0.600 bits per heavy atom. The Morgan fingerprint density at radius 3 is 1.20 bits per heavy atom. The zero-order valence-corrected chi connectivity index (χ0v) is 33.2. The van der Waals surface area contributed by atoms with Crippen LogP contribution in [0.1, 0.15) is 69.2 Å². The average Bonchev–Trinajstić information content (AvgIpc) is 2.94. The van der Waals surface area contributed by atoms with Crippen molar-refractivity contribution in [1.82, 2.24) is 23.9 Å². The molecule has 0 saturated carbocycles. The summed E-state index contributed by atoms with van der Waals surface area (Å²) in [5.74, 6) is 0.790. The van der Waals surface area contributed by atoms with Gasteiger partial charge in [0, 0.05) is 91.3 Å². The van der Waals surface area contributed by atoms with E-state index in [4.69, 9.17) is 9.47 Å². The minimum Gasteiger partial charge on any atom is -0.379 e. The van der Waals surface area contributed by atoms with E-state index in [1.54, 1.807) is 27.7 Å². The number of rotatable bonds is 7. The number of likely N-dealkylation sites (N-methyl/N-ethyl adjacent to an activating group) is 1. The molecule has 3 heterocycles. The van der Waals surface area contributed by atoms with E-state index in [9.17, 15) is 16.8 Å². The van der Waals surface area contributed by atoms with Crippen molar-refractivity contribution in [3.8, 4) is 0 Å². The SMILES string of the molecule is CC(C)CN1CCOCC1.CC(C)N1CCN(C)CC1.CC(C)N1CCOCC1.CC(C)S(=O)(=O)N(C)C.CC(C)S(C)(=O)=O. The summed E-state index contributed by atoms with van der Waals surface area (Å²) in [6.45, 7) is 34.5. The van der Waals surface area contributed by atoms with Crippen LogP contribution in [0.4, 0.5) is 0 Å². The molecule has 13 heteroatoms. The smallest absolute Gasteiger partial charge is 0.215 e. The third-order valence-corrected chi connectivity index (χ3v) is 11.7. The van der Waals surface area contributed by atoms with Gasteiger partial charge in [-0.3, -0.25) is 14.7 Å². The summed E-state index contributed by atoms with van der Waals surface area (Å²) in [5.41, 5.74) is 0. The van der Waals surface area contributed by atoms with Gasteiger partial charge in [0.05, 0.1) is 36.9 Å². The van der Waals surface area contributed by atoms with E-state index in [1.807, 2.05) is 0 Å². The van der Waals surface area contributed by atoms with Crippen molar-refractivity contribution in [2.75, 3.05) is 113 Å². The fourth-order valence-electron chi connectivity index (χ4n) is 4.15. The summed E-state index contributed by atoms with van der Waals surface area (Å²) >= 11 is 0. The van der Waals surface area contributed by atoms with E-state index < -0.39 is 19.9 Å². The fraction of sp³-hybridized carbons (Fsp3) is 1.00. The second-order valence-corrected chi connectivity index (χ2v) is 19.0. The quantitative estimate of drug-likeness (QED) is 0.397. The minimum atomic E-state index is -2.98. The fourth-order valence-corrected chi connectivity index (χ4v) is 5.00. The predicted molar refractivity (Wildman–Crippen MR) is 192 cm³/mol. The van der Waals surface area contributed by atoms with E-state index in [-0.39, 0.29) is 10.5 Å². The summed E-state index contributed by atoms with van der Waals surface area (Å²) in [6, 6.07) is 1.42. The first-order chi connectivity index (χ1) is 20.6. The number of nitrogens with zero attached hydrogens (tertiary/aromatic N) is 5. The molecule has 0 bridgehead atoms. The van der Waals surface area contributed by atoms with Crippen LogP contribution in [0.15, 0.2) is 0 Å². The molecule has 3 aliphatic heterocycles. The first kappa shape index (κ1) is 46.7. The molecular weight excluding hydrogens is 615 g/mol. The Morgan fingerprint density at radius 2 is 0.956 bits per heavy atom. The van der Waals surface area contributed by atoms with Gasteiger partial charge in [0.1, 0.15) is 9.84 Å².